The first-order chi connectivity index (χ1) is 9.15. The number of carbonyl (C=O) groups is 1. The molecule has 0 aliphatic carbocycles. The molecule has 0 spiro atoms. The van der Waals surface area contributed by atoms with E-state index in [-0.39, 0.29) is 5.01 Å². The van der Waals surface area contributed by atoms with Gasteiger partial charge in [-0.2, -0.15) is 0 Å². The van der Waals surface area contributed by atoms with Crippen molar-refractivity contribution in [3.8, 4) is 0 Å². The van der Waals surface area contributed by atoms with Crippen LogP contribution in [0.1, 0.15) is 9.80 Å². The molecule has 2 aromatic rings. The zero-order valence-corrected chi connectivity index (χ0v) is 12.3. The van der Waals surface area contributed by atoms with Crippen LogP contribution in [-0.2, 0) is 0 Å². The second-order valence-electron chi connectivity index (χ2n) is 3.84. The first kappa shape index (κ1) is 14.4. The van der Waals surface area contributed by atoms with E-state index in [1.807, 2.05) is 18.2 Å². The molecule has 1 heterocycles. The fourth-order valence-electron chi connectivity index (χ4n) is 1.78. The van der Waals surface area contributed by atoms with Gasteiger partial charge in [-0.3, -0.25) is 0 Å². The molecule has 0 unspecified atom stereocenters. The number of fused-ring (bicyclic) bond motifs is 1. The third-order valence-electron chi connectivity index (χ3n) is 2.63. The molecule has 1 aromatic heterocycles. The Morgan fingerprint density at radius 1 is 1.32 bits per heavy atom. The Labute approximate surface area is 124 Å². The number of aromatic carboxylic acids is 1. The number of anilines is 1. The van der Waals surface area contributed by atoms with Crippen LogP contribution < -0.4 is 4.90 Å². The summed E-state index contributed by atoms with van der Waals surface area (Å²) < 4.78 is 0.859. The van der Waals surface area contributed by atoms with Crippen LogP contribution in [0, 0.1) is 0 Å². The molecule has 102 valence electrons. The first-order valence-electron chi connectivity index (χ1n) is 5.66. The van der Waals surface area contributed by atoms with Gasteiger partial charge in [0.15, 0.2) is 0 Å². The van der Waals surface area contributed by atoms with Crippen LogP contribution in [0.2, 0.25) is 0 Å². The Balaban J connectivity index is 2.36. The zero-order chi connectivity index (χ0) is 13.8. The molecule has 2 rings (SSSR count). The number of carboxylic acid groups (broad SMARTS) is 1. The lowest BCUT2D eigenvalue weighted by atomic mass is 10.2. The molecule has 0 saturated carbocycles. The lowest BCUT2D eigenvalue weighted by molar-refractivity contribution is 0.0696. The lowest BCUT2D eigenvalue weighted by Gasteiger charge is -2.22. The van der Waals surface area contributed by atoms with Gasteiger partial charge in [-0.1, -0.05) is 0 Å². The number of alkyl halides is 2. The summed E-state index contributed by atoms with van der Waals surface area (Å²) in [6.45, 7) is 1.38. The molecular weight excluding hydrogens is 307 g/mol. The predicted molar refractivity (Wildman–Crippen MR) is 80.2 cm³/mol. The zero-order valence-electron chi connectivity index (χ0n) is 9.97. The van der Waals surface area contributed by atoms with Gasteiger partial charge in [-0.25, -0.2) is 9.78 Å². The lowest BCUT2D eigenvalue weighted by Crippen LogP contribution is -2.27. The normalized spacial score (nSPS) is 10.8. The minimum atomic E-state index is -0.999. The summed E-state index contributed by atoms with van der Waals surface area (Å²) in [6, 6.07) is 5.69. The second kappa shape index (κ2) is 6.41. The van der Waals surface area contributed by atoms with Gasteiger partial charge >= 0.3 is 5.97 Å². The van der Waals surface area contributed by atoms with E-state index in [9.17, 15) is 4.79 Å². The van der Waals surface area contributed by atoms with Crippen LogP contribution >= 0.6 is 34.5 Å². The maximum Gasteiger partial charge on any atom is 0.365 e. The van der Waals surface area contributed by atoms with E-state index in [0.717, 1.165) is 10.4 Å². The van der Waals surface area contributed by atoms with Crippen LogP contribution in [-0.4, -0.2) is 40.9 Å². The number of carboxylic acids is 1. The maximum absolute atomic E-state index is 10.9. The van der Waals surface area contributed by atoms with E-state index in [2.05, 4.69) is 9.88 Å². The average Bonchev–Trinajstić information content (AvgIpc) is 2.81. The topological polar surface area (TPSA) is 53.4 Å². The summed E-state index contributed by atoms with van der Waals surface area (Å²) in [4.78, 5) is 17.1. The van der Waals surface area contributed by atoms with Gasteiger partial charge < -0.3 is 10.0 Å². The van der Waals surface area contributed by atoms with Crippen LogP contribution in [0.3, 0.4) is 0 Å². The molecule has 4 nitrogen and oxygen atoms in total. The third-order valence-corrected chi connectivity index (χ3v) is 3.99. The fourth-order valence-corrected chi connectivity index (χ4v) is 2.97. The summed E-state index contributed by atoms with van der Waals surface area (Å²) in [6.07, 6.45) is 0. The summed E-state index contributed by atoms with van der Waals surface area (Å²) >= 11 is 12.7. The van der Waals surface area contributed by atoms with Gasteiger partial charge in [-0.15, -0.1) is 34.5 Å². The summed E-state index contributed by atoms with van der Waals surface area (Å²) in [5.74, 6) is 0.0137. The highest BCUT2D eigenvalue weighted by Gasteiger charge is 2.12. The van der Waals surface area contributed by atoms with Gasteiger partial charge in [0, 0.05) is 30.5 Å². The third kappa shape index (κ3) is 3.29. The number of halogens is 2. The highest BCUT2D eigenvalue weighted by atomic mass is 35.5. The van der Waals surface area contributed by atoms with E-state index >= 15 is 0 Å². The first-order valence-corrected chi connectivity index (χ1v) is 7.55. The van der Waals surface area contributed by atoms with Crippen LogP contribution in [0.4, 0.5) is 5.69 Å². The average molecular weight is 319 g/mol. The van der Waals surface area contributed by atoms with E-state index in [1.54, 1.807) is 0 Å². The van der Waals surface area contributed by atoms with Crippen molar-refractivity contribution < 1.29 is 9.90 Å². The van der Waals surface area contributed by atoms with Gasteiger partial charge in [0.05, 0.1) is 10.2 Å². The van der Waals surface area contributed by atoms with Gasteiger partial charge in [-0.05, 0) is 18.2 Å². The van der Waals surface area contributed by atoms with Crippen molar-refractivity contribution in [1.82, 2.24) is 4.98 Å². The molecule has 0 saturated heterocycles. The summed E-state index contributed by atoms with van der Waals surface area (Å²) in [5.41, 5.74) is 1.64. The van der Waals surface area contributed by atoms with Crippen molar-refractivity contribution in [1.29, 1.82) is 0 Å². The number of rotatable bonds is 6. The number of thiazole rings is 1. The van der Waals surface area contributed by atoms with Crippen LogP contribution in [0.15, 0.2) is 18.2 Å². The van der Waals surface area contributed by atoms with E-state index in [1.165, 1.54) is 11.3 Å². The number of hydrogen-bond acceptors (Lipinski definition) is 4. The van der Waals surface area contributed by atoms with Gasteiger partial charge in [0.25, 0.3) is 0 Å². The van der Waals surface area contributed by atoms with E-state index in [4.69, 9.17) is 28.3 Å². The Morgan fingerprint density at radius 3 is 2.58 bits per heavy atom. The number of aromatic nitrogens is 1. The molecule has 0 aliphatic heterocycles. The molecule has 1 aromatic carbocycles. The fraction of sp³-hybridized carbons (Fsp3) is 0.333. The number of nitrogens with zero attached hydrogens (tertiary/aromatic N) is 2. The maximum atomic E-state index is 10.9. The van der Waals surface area contributed by atoms with Crippen molar-refractivity contribution in [3.63, 3.8) is 0 Å². The molecule has 0 fully saturated rings. The highest BCUT2D eigenvalue weighted by Crippen LogP contribution is 2.26. The van der Waals surface area contributed by atoms with Crippen molar-refractivity contribution in [3.05, 3.63) is 23.2 Å². The van der Waals surface area contributed by atoms with Crippen LogP contribution in [0.5, 0.6) is 0 Å². The molecule has 0 bridgehead atoms. The van der Waals surface area contributed by atoms with E-state index < -0.39 is 5.97 Å². The molecular formula is C12H12Cl2N2O2S. The molecule has 0 radical (unpaired) electrons. The van der Waals surface area contributed by atoms with E-state index in [0.29, 0.717) is 30.4 Å². The minimum Gasteiger partial charge on any atom is -0.476 e. The monoisotopic (exact) mass is 318 g/mol. The van der Waals surface area contributed by atoms with Crippen molar-refractivity contribution in [2.75, 3.05) is 29.7 Å². The molecule has 19 heavy (non-hydrogen) atoms. The smallest absolute Gasteiger partial charge is 0.365 e. The van der Waals surface area contributed by atoms with Gasteiger partial charge in [0.2, 0.25) is 5.01 Å². The number of hydrogen-bond donors (Lipinski definition) is 1. The Kier molecular flexibility index (Phi) is 4.85. The van der Waals surface area contributed by atoms with Crippen molar-refractivity contribution in [2.45, 2.75) is 0 Å². The quantitative estimate of drug-likeness (QED) is 0.830. The predicted octanol–water partition coefficient (Wildman–Crippen LogP) is 3.28. The summed E-state index contributed by atoms with van der Waals surface area (Å²) in [7, 11) is 0. The minimum absolute atomic E-state index is 0.105. The second-order valence-corrected chi connectivity index (χ2v) is 5.63. The standard InChI is InChI=1S/C12H12Cl2N2O2S/c13-3-5-16(6-4-14)8-1-2-10-9(7-8)15-11(19-10)12(17)18/h1-2,7H,3-6H2,(H,17,18). The molecule has 7 heteroatoms. The molecule has 0 aliphatic rings. The number of benzene rings is 1. The summed E-state index contributed by atoms with van der Waals surface area (Å²) in [5, 5.41) is 9.04. The Morgan fingerprint density at radius 2 is 2.00 bits per heavy atom. The SMILES string of the molecule is O=C(O)c1nc2cc(N(CCCl)CCCl)ccc2s1. The van der Waals surface area contributed by atoms with Crippen molar-refractivity contribution >= 4 is 56.4 Å². The van der Waals surface area contributed by atoms with Crippen molar-refractivity contribution in [2.24, 2.45) is 0 Å². The molecule has 0 atom stereocenters. The largest absolute Gasteiger partial charge is 0.476 e. The Hall–Kier alpha value is -1.04. The molecule has 1 N–H and O–H groups in total. The Bertz CT molecular complexity index is 582. The molecule has 0 amide bonds. The van der Waals surface area contributed by atoms with Gasteiger partial charge in [0.1, 0.15) is 0 Å². The van der Waals surface area contributed by atoms with Crippen LogP contribution in [0.25, 0.3) is 10.2 Å². The highest BCUT2D eigenvalue weighted by molar-refractivity contribution is 7.20.